The van der Waals surface area contributed by atoms with Gasteiger partial charge in [0, 0.05) is 137 Å². The van der Waals surface area contributed by atoms with E-state index in [1.807, 2.05) is 84.3 Å². The second-order valence-electron chi connectivity index (χ2n) is 24.0. The van der Waals surface area contributed by atoms with Crippen LogP contribution in [0.2, 0.25) is 0 Å². The third-order valence-electron chi connectivity index (χ3n) is 16.6. The molecule has 0 aromatic carbocycles. The molecule has 0 saturated carbocycles. The van der Waals surface area contributed by atoms with Gasteiger partial charge in [0.25, 0.3) is 11.8 Å². The maximum absolute atomic E-state index is 11.8. The summed E-state index contributed by atoms with van der Waals surface area (Å²) < 4.78 is 16.8. The summed E-state index contributed by atoms with van der Waals surface area (Å²) in [5.74, 6) is 2.31. The summed E-state index contributed by atoms with van der Waals surface area (Å²) in [5.41, 5.74) is 16.7. The summed E-state index contributed by atoms with van der Waals surface area (Å²) in [6, 6.07) is 32.9. The Morgan fingerprint density at radius 3 is 1.35 bits per heavy atom. The first-order valence-corrected chi connectivity index (χ1v) is 37.3. The molecule has 1 saturated heterocycles. The van der Waals surface area contributed by atoms with Crippen LogP contribution in [0, 0.1) is 13.8 Å². The van der Waals surface area contributed by atoms with Gasteiger partial charge in [-0.2, -0.15) is 9.59 Å². The summed E-state index contributed by atoms with van der Waals surface area (Å²) in [4.78, 5) is 85.1. The predicted octanol–water partition coefficient (Wildman–Crippen LogP) is 9.52. The van der Waals surface area contributed by atoms with Crippen molar-refractivity contribution >= 4 is 33.6 Å². The molecule has 2 N–H and O–H groups in total. The van der Waals surface area contributed by atoms with Crippen LogP contribution in [-0.4, -0.2) is 89.2 Å². The van der Waals surface area contributed by atoms with Gasteiger partial charge in [-0.3, -0.25) is 44.2 Å². The van der Waals surface area contributed by atoms with E-state index in [4.69, 9.17) is 29.6 Å². The average molecular weight is 1710 g/mol. The number of nitrogens with zero attached hydrogens (tertiary/aromatic N) is 11. The number of carbonyl (C=O) groups is 3. The number of amides is 2. The molecule has 9 aromatic rings. The zero-order valence-corrected chi connectivity index (χ0v) is 66.2. The van der Waals surface area contributed by atoms with Gasteiger partial charge in [0.1, 0.15) is 24.6 Å². The average Bonchev–Trinajstić information content (AvgIpc) is 1.00. The molecular weight excluding hydrogens is 1600 g/mol. The third kappa shape index (κ3) is 36.3. The molecule has 0 bridgehead atoms. The Bertz CT molecular complexity index is 3660. The summed E-state index contributed by atoms with van der Waals surface area (Å²) >= 11 is 1.33. The topological polar surface area (TPSA) is 245 Å². The van der Waals surface area contributed by atoms with E-state index in [0.717, 1.165) is 92.6 Å². The van der Waals surface area contributed by atoms with Gasteiger partial charge in [-0.05, 0) is 189 Å². The summed E-state index contributed by atoms with van der Waals surface area (Å²) in [6.45, 7) is 19.3. The van der Waals surface area contributed by atoms with E-state index >= 15 is 0 Å². The molecule has 4 unspecified atom stereocenters. The number of carbonyl (C=O) groups excluding carboxylic acids is 5. The number of rotatable bonds is 28. The van der Waals surface area contributed by atoms with Crippen LogP contribution in [0.15, 0.2) is 190 Å². The SMILES string of the molecule is C.CCC(CC(C)c1cc[n+](CCCCCC(=O)ON2C(=O)CCC2=O)cc1)c1ccncc1.CCCCC[n+]1ccc(C(C)CC(CC)c2ccncc2)cc1.COc1ccnc(-c2cc(OC)ccn2)c1.Cc1ccnc(-c2cc(C)ccn2)c1.F.NCCCn1ccnc1.O=C=O.[Br-].[Cl-].[Cl][Os]. The van der Waals surface area contributed by atoms with Crippen molar-refractivity contribution in [2.24, 2.45) is 5.73 Å². The Kier molecular flexibility index (Phi) is 52.4. The van der Waals surface area contributed by atoms with Crippen LogP contribution >= 0.6 is 9.64 Å². The number of aryl methyl sites for hydroxylation is 5. The molecule has 104 heavy (non-hydrogen) atoms. The molecule has 0 radical (unpaired) electrons. The molecular formula is C79H105BrCl2FN12O8Os. The van der Waals surface area contributed by atoms with Gasteiger partial charge in [-0.15, -0.1) is 5.06 Å². The second kappa shape index (κ2) is 57.0. The number of hydrogen-bond donors (Lipinski definition) is 1. The number of halogens is 4. The molecule has 10 rings (SSSR count). The van der Waals surface area contributed by atoms with Crippen molar-refractivity contribution in [3.05, 3.63) is 224 Å². The van der Waals surface area contributed by atoms with E-state index in [0.29, 0.717) is 35.2 Å². The number of unbranched alkanes of at least 4 members (excludes halogenated alkanes) is 4. The summed E-state index contributed by atoms with van der Waals surface area (Å²) in [5, 5.41) is 0.612. The zero-order chi connectivity index (χ0) is 72.7. The van der Waals surface area contributed by atoms with Crippen molar-refractivity contribution in [1.29, 1.82) is 0 Å². The summed E-state index contributed by atoms with van der Waals surface area (Å²) in [6.07, 6.45) is 41.4. The molecule has 9 aromatic heterocycles. The molecule has 1 fully saturated rings. The minimum atomic E-state index is -0.526. The standard InChI is InChI=1S/C26H34N3O4.C21H31N2.C12H12N2O2.C12H12N2.C6H11N3.CO2.CH4.BrH.2ClH.FH.Os/c1-3-21(23-10-14-27-15-11-23)19-20(2)22-12-17-28(18-13-22)16-6-4-5-7-26(32)33-29-24(30)8-9-25(29)31;1-4-6-7-14-23-15-10-20(11-16-23)18(3)17-19(5-2)21-8-12-22-13-9-21;1-15-9-3-5-13-11(7-9)12-8-10(16-2)4-6-14-12;1-9-3-5-13-11(7-9)12-8-10(2)4-6-14-12;7-2-1-4-9-5-3-8-6-9;2-1-3;;;;;;/h10-15,17-18,20-21H,3-9,16,19H2,1-2H3;8-13,15-16,18-19H,4-7,14,17H2,1-3H3;3-8H,1-2H3;3-8H,1-2H3;3,5-6H,1-2,4,7H2;;1H4;4*1H;/q2*+1;;;;;;;;;;+1/p-3. The van der Waals surface area contributed by atoms with Crippen molar-refractivity contribution in [2.75, 3.05) is 20.8 Å². The Morgan fingerprint density at radius 2 is 0.981 bits per heavy atom. The normalized spacial score (nSPS) is 11.8. The second-order valence-corrected chi connectivity index (χ2v) is 24.0. The fourth-order valence-corrected chi connectivity index (χ4v) is 10.9. The molecule has 20 nitrogen and oxygen atoms in total. The molecule has 4 atom stereocenters. The van der Waals surface area contributed by atoms with Crippen molar-refractivity contribution < 1.29 is 99.1 Å². The molecule has 10 heterocycles. The monoisotopic (exact) mass is 1710 g/mol. The molecule has 565 valence electrons. The van der Waals surface area contributed by atoms with E-state index in [1.54, 1.807) is 51.3 Å². The van der Waals surface area contributed by atoms with Gasteiger partial charge in [0.2, 0.25) is 0 Å². The maximum atomic E-state index is 11.8. The van der Waals surface area contributed by atoms with Crippen LogP contribution < -0.4 is 53.7 Å². The van der Waals surface area contributed by atoms with Gasteiger partial charge in [0.05, 0.1) is 43.3 Å². The first kappa shape index (κ1) is 95.6. The van der Waals surface area contributed by atoms with Gasteiger partial charge in [0.15, 0.2) is 24.8 Å². The van der Waals surface area contributed by atoms with E-state index in [2.05, 4.69) is 175 Å². The Labute approximate surface area is 646 Å². The number of hydrogen-bond acceptors (Lipinski definition) is 16. The number of hydroxylamine groups is 2. The van der Waals surface area contributed by atoms with Crippen molar-refractivity contribution in [3.8, 4) is 34.3 Å². The fourth-order valence-electron chi connectivity index (χ4n) is 10.9. The van der Waals surface area contributed by atoms with Crippen LogP contribution in [-0.2, 0) is 66.0 Å². The van der Waals surface area contributed by atoms with Crippen LogP contribution in [0.3, 0.4) is 0 Å². The number of ether oxygens (including phenoxy) is 2. The van der Waals surface area contributed by atoms with Gasteiger partial charge in [-0.1, -0.05) is 48.5 Å². The fraction of sp³-hybridized carbons (Fsp3) is 0.405. The van der Waals surface area contributed by atoms with Crippen molar-refractivity contribution in [1.82, 2.24) is 44.5 Å². The van der Waals surface area contributed by atoms with Crippen LogP contribution in [0.25, 0.3) is 22.8 Å². The van der Waals surface area contributed by atoms with Crippen molar-refractivity contribution in [2.45, 2.75) is 189 Å². The van der Waals surface area contributed by atoms with Gasteiger partial charge >= 0.3 is 39.4 Å². The number of imidazole rings is 1. The number of methoxy groups -OCH3 is 2. The molecule has 1 aliphatic heterocycles. The number of aromatic nitrogens is 10. The zero-order valence-electron chi connectivity index (χ0n) is 60.6. The van der Waals surface area contributed by atoms with Gasteiger partial charge in [-0.25, -0.2) is 18.9 Å². The molecule has 2 amide bonds. The summed E-state index contributed by atoms with van der Waals surface area (Å²) in [7, 11) is 7.91. The first-order valence-electron chi connectivity index (χ1n) is 34.1. The number of imide groups is 1. The van der Waals surface area contributed by atoms with E-state index in [9.17, 15) is 14.4 Å². The van der Waals surface area contributed by atoms with E-state index in [1.165, 1.54) is 83.1 Å². The van der Waals surface area contributed by atoms with E-state index < -0.39 is 17.8 Å². The quantitative estimate of drug-likeness (QED) is 0.0272. The predicted molar refractivity (Wildman–Crippen MR) is 393 cm³/mol. The van der Waals surface area contributed by atoms with Crippen molar-refractivity contribution in [3.63, 3.8) is 0 Å². The first-order chi connectivity index (χ1) is 48.6. The molecule has 1 aliphatic rings. The van der Waals surface area contributed by atoms with Gasteiger partial charge < -0.3 is 54.0 Å². The number of nitrogens with two attached hydrogens (primary N) is 1. The Balaban J connectivity index is 0.00000131. The molecule has 25 heteroatoms. The van der Waals surface area contributed by atoms with Crippen LogP contribution in [0.5, 0.6) is 11.5 Å². The van der Waals surface area contributed by atoms with E-state index in [-0.39, 0.29) is 66.9 Å². The Morgan fingerprint density at radius 1 is 0.577 bits per heavy atom. The Hall–Kier alpha value is -8.41. The van der Waals surface area contributed by atoms with Crippen LogP contribution in [0.1, 0.15) is 189 Å². The third-order valence-corrected chi connectivity index (χ3v) is 16.6. The molecule has 0 spiro atoms. The minimum absolute atomic E-state index is 0. The number of pyridine rings is 8. The van der Waals surface area contributed by atoms with Crippen LogP contribution in [0.4, 0.5) is 4.70 Å². The molecule has 0 aliphatic carbocycles.